The minimum atomic E-state index is -0.0212. The second-order valence-electron chi connectivity index (χ2n) is 5.62. The number of nitrogens with zero attached hydrogens (tertiary/aromatic N) is 2. The lowest BCUT2D eigenvalue weighted by molar-refractivity contribution is 0.191. The molecule has 1 saturated heterocycles. The van der Waals surface area contributed by atoms with Crippen LogP contribution in [0.3, 0.4) is 0 Å². The highest BCUT2D eigenvalue weighted by Gasteiger charge is 2.22. The summed E-state index contributed by atoms with van der Waals surface area (Å²) in [5.74, 6) is 0. The molecule has 1 N–H and O–H groups in total. The van der Waals surface area contributed by atoms with Gasteiger partial charge in [-0.1, -0.05) is 29.8 Å². The molecule has 1 aromatic carbocycles. The molecule has 0 radical (unpaired) electrons. The van der Waals surface area contributed by atoms with Crippen molar-refractivity contribution in [1.29, 1.82) is 0 Å². The van der Waals surface area contributed by atoms with E-state index in [0.717, 1.165) is 35.4 Å². The number of piperazine rings is 1. The molecular weight excluding hydrogens is 330 g/mol. The van der Waals surface area contributed by atoms with Crippen LogP contribution in [0.2, 0.25) is 4.34 Å². The number of anilines is 1. The fourth-order valence-corrected chi connectivity index (χ4v) is 3.78. The molecular formula is C17H20ClN3OS. The first-order valence-corrected chi connectivity index (χ1v) is 8.93. The first-order chi connectivity index (χ1) is 11.1. The predicted octanol–water partition coefficient (Wildman–Crippen LogP) is 3.99. The zero-order valence-electron chi connectivity index (χ0n) is 13.0. The molecule has 3 rings (SSSR count). The summed E-state index contributed by atoms with van der Waals surface area (Å²) in [6, 6.07) is 14.1. The van der Waals surface area contributed by atoms with Crippen molar-refractivity contribution in [3.05, 3.63) is 51.7 Å². The van der Waals surface area contributed by atoms with Crippen LogP contribution in [-0.4, -0.2) is 37.1 Å². The summed E-state index contributed by atoms with van der Waals surface area (Å²) in [5, 5.41) is 3.05. The number of hydrogen-bond acceptors (Lipinski definition) is 3. The van der Waals surface area contributed by atoms with Crippen molar-refractivity contribution < 1.29 is 4.79 Å². The second-order valence-corrected chi connectivity index (χ2v) is 7.37. The molecule has 4 nitrogen and oxygen atoms in total. The van der Waals surface area contributed by atoms with Crippen LogP contribution in [0, 0.1) is 0 Å². The summed E-state index contributed by atoms with van der Waals surface area (Å²) in [7, 11) is 0. The average molecular weight is 350 g/mol. The Morgan fingerprint density at radius 2 is 1.83 bits per heavy atom. The molecule has 1 aliphatic heterocycles. The number of halogens is 1. The van der Waals surface area contributed by atoms with Gasteiger partial charge in [0.1, 0.15) is 0 Å². The molecule has 2 aromatic rings. The number of urea groups is 1. The van der Waals surface area contributed by atoms with Gasteiger partial charge < -0.3 is 15.1 Å². The van der Waals surface area contributed by atoms with Gasteiger partial charge in [0.2, 0.25) is 0 Å². The number of thiophene rings is 1. The van der Waals surface area contributed by atoms with E-state index >= 15 is 0 Å². The van der Waals surface area contributed by atoms with Crippen LogP contribution in [0.25, 0.3) is 0 Å². The van der Waals surface area contributed by atoms with E-state index in [1.54, 1.807) is 0 Å². The van der Waals surface area contributed by atoms with Gasteiger partial charge in [0.05, 0.1) is 10.4 Å². The van der Waals surface area contributed by atoms with Crippen molar-refractivity contribution in [2.24, 2.45) is 0 Å². The highest BCUT2D eigenvalue weighted by atomic mass is 35.5. The molecule has 2 amide bonds. The van der Waals surface area contributed by atoms with Gasteiger partial charge in [0, 0.05) is 36.7 Å². The molecule has 122 valence electrons. The van der Waals surface area contributed by atoms with Crippen LogP contribution in [0.4, 0.5) is 10.5 Å². The molecule has 2 heterocycles. The van der Waals surface area contributed by atoms with E-state index in [-0.39, 0.29) is 12.1 Å². The average Bonchev–Trinajstić information content (AvgIpc) is 3.02. The number of carbonyl (C=O) groups is 1. The van der Waals surface area contributed by atoms with Crippen molar-refractivity contribution in [1.82, 2.24) is 10.2 Å². The van der Waals surface area contributed by atoms with Crippen molar-refractivity contribution in [2.45, 2.75) is 13.0 Å². The number of nitrogens with one attached hydrogen (secondary N) is 1. The molecule has 0 aliphatic carbocycles. The first-order valence-electron chi connectivity index (χ1n) is 7.74. The fourth-order valence-electron chi connectivity index (χ4n) is 2.72. The Kier molecular flexibility index (Phi) is 5.08. The fraction of sp³-hybridized carbons (Fsp3) is 0.353. The minimum Gasteiger partial charge on any atom is -0.368 e. The normalized spacial score (nSPS) is 16.3. The first kappa shape index (κ1) is 16.1. The third-order valence-electron chi connectivity index (χ3n) is 4.05. The summed E-state index contributed by atoms with van der Waals surface area (Å²) in [6.45, 7) is 5.17. The Labute approximate surface area is 145 Å². The van der Waals surface area contributed by atoms with Crippen LogP contribution >= 0.6 is 22.9 Å². The molecule has 6 heteroatoms. The van der Waals surface area contributed by atoms with Crippen LogP contribution in [0.15, 0.2) is 42.5 Å². The Hall–Kier alpha value is -1.72. The van der Waals surface area contributed by atoms with Gasteiger partial charge in [-0.25, -0.2) is 4.79 Å². The van der Waals surface area contributed by atoms with Gasteiger partial charge in [-0.3, -0.25) is 0 Å². The van der Waals surface area contributed by atoms with Crippen molar-refractivity contribution >= 4 is 34.7 Å². The Bertz CT molecular complexity index is 653. The predicted molar refractivity (Wildman–Crippen MR) is 96.5 cm³/mol. The number of para-hydroxylation sites is 1. The largest absolute Gasteiger partial charge is 0.368 e. The van der Waals surface area contributed by atoms with E-state index in [4.69, 9.17) is 11.6 Å². The second kappa shape index (κ2) is 7.23. The SMILES string of the molecule is CC(NC(=O)N1CCN(c2ccccc2)CC1)c1ccc(Cl)s1. The molecule has 1 atom stereocenters. The van der Waals surface area contributed by atoms with Gasteiger partial charge in [-0.15, -0.1) is 11.3 Å². The van der Waals surface area contributed by atoms with Gasteiger partial charge >= 0.3 is 6.03 Å². The zero-order valence-corrected chi connectivity index (χ0v) is 14.6. The van der Waals surface area contributed by atoms with E-state index < -0.39 is 0 Å². The van der Waals surface area contributed by atoms with Crippen molar-refractivity contribution in [3.8, 4) is 0 Å². The van der Waals surface area contributed by atoms with Crippen LogP contribution in [0.5, 0.6) is 0 Å². The summed E-state index contributed by atoms with van der Waals surface area (Å²) >= 11 is 7.46. The molecule has 1 fully saturated rings. The third kappa shape index (κ3) is 3.98. The lowest BCUT2D eigenvalue weighted by atomic mass is 10.2. The van der Waals surface area contributed by atoms with E-state index in [1.165, 1.54) is 17.0 Å². The quantitative estimate of drug-likeness (QED) is 0.909. The van der Waals surface area contributed by atoms with E-state index in [1.807, 2.05) is 42.2 Å². The Morgan fingerprint density at radius 1 is 1.13 bits per heavy atom. The standard InChI is InChI=1S/C17H20ClN3OS/c1-13(15-7-8-16(18)23-15)19-17(22)21-11-9-20(10-12-21)14-5-3-2-4-6-14/h2-8,13H,9-12H2,1H3,(H,19,22). The maximum atomic E-state index is 12.4. The van der Waals surface area contributed by atoms with E-state index in [2.05, 4.69) is 22.3 Å². The lowest BCUT2D eigenvalue weighted by Crippen LogP contribution is -2.52. The minimum absolute atomic E-state index is 0.00488. The maximum Gasteiger partial charge on any atom is 0.318 e. The number of carbonyl (C=O) groups excluding carboxylic acids is 1. The summed E-state index contributed by atoms with van der Waals surface area (Å²) < 4.78 is 0.748. The third-order valence-corrected chi connectivity index (χ3v) is 5.46. The molecule has 0 bridgehead atoms. The Morgan fingerprint density at radius 3 is 2.43 bits per heavy atom. The monoisotopic (exact) mass is 349 g/mol. The van der Waals surface area contributed by atoms with E-state index in [0.29, 0.717) is 0 Å². The summed E-state index contributed by atoms with van der Waals surface area (Å²) in [5.41, 5.74) is 1.22. The van der Waals surface area contributed by atoms with Gasteiger partial charge in [0.25, 0.3) is 0 Å². The number of hydrogen-bond donors (Lipinski definition) is 1. The van der Waals surface area contributed by atoms with Gasteiger partial charge in [-0.2, -0.15) is 0 Å². The highest BCUT2D eigenvalue weighted by Crippen LogP contribution is 2.26. The molecule has 1 aromatic heterocycles. The molecule has 1 aliphatic rings. The van der Waals surface area contributed by atoms with Gasteiger partial charge in [0.15, 0.2) is 0 Å². The summed E-state index contributed by atoms with van der Waals surface area (Å²) in [6.07, 6.45) is 0. The summed E-state index contributed by atoms with van der Waals surface area (Å²) in [4.78, 5) is 17.7. The smallest absolute Gasteiger partial charge is 0.318 e. The molecule has 0 saturated carbocycles. The van der Waals surface area contributed by atoms with Crippen LogP contribution < -0.4 is 10.2 Å². The lowest BCUT2D eigenvalue weighted by Gasteiger charge is -2.36. The highest BCUT2D eigenvalue weighted by molar-refractivity contribution is 7.16. The molecule has 0 spiro atoms. The zero-order chi connectivity index (χ0) is 16.2. The maximum absolute atomic E-state index is 12.4. The van der Waals surface area contributed by atoms with Crippen molar-refractivity contribution in [2.75, 3.05) is 31.1 Å². The van der Waals surface area contributed by atoms with Crippen LogP contribution in [-0.2, 0) is 0 Å². The van der Waals surface area contributed by atoms with Crippen molar-refractivity contribution in [3.63, 3.8) is 0 Å². The Balaban J connectivity index is 1.52. The molecule has 23 heavy (non-hydrogen) atoms. The number of amides is 2. The topological polar surface area (TPSA) is 35.6 Å². The molecule has 1 unspecified atom stereocenters. The van der Waals surface area contributed by atoms with Crippen LogP contribution in [0.1, 0.15) is 17.8 Å². The number of rotatable bonds is 3. The van der Waals surface area contributed by atoms with Gasteiger partial charge in [-0.05, 0) is 31.2 Å². The van der Waals surface area contributed by atoms with E-state index in [9.17, 15) is 4.79 Å². The number of benzene rings is 1.